The first-order valence-corrected chi connectivity index (χ1v) is 14.0. The van der Waals surface area contributed by atoms with Crippen molar-refractivity contribution >= 4 is 50.5 Å². The van der Waals surface area contributed by atoms with Crippen LogP contribution in [0.25, 0.3) is 22.3 Å². The van der Waals surface area contributed by atoms with Crippen LogP contribution < -0.4 is 5.32 Å². The highest BCUT2D eigenvalue weighted by Gasteiger charge is 2.25. The first-order chi connectivity index (χ1) is 16.9. The Balaban J connectivity index is 1.62. The number of halogens is 1. The van der Waals surface area contributed by atoms with Gasteiger partial charge in [-0.15, -0.1) is 0 Å². The zero-order chi connectivity index (χ0) is 24.8. The lowest BCUT2D eigenvalue weighted by atomic mass is 10.0. The normalized spacial score (nSPS) is 15.2. The molecule has 1 aliphatic heterocycles. The molecule has 3 heterocycles. The third-order valence-corrected chi connectivity index (χ3v) is 8.68. The van der Waals surface area contributed by atoms with Gasteiger partial charge in [0.1, 0.15) is 5.01 Å². The molecule has 0 radical (unpaired) electrons. The molecule has 4 rings (SSSR count). The van der Waals surface area contributed by atoms with Gasteiger partial charge in [-0.2, -0.15) is 8.68 Å². The molecule has 1 saturated heterocycles. The van der Waals surface area contributed by atoms with Gasteiger partial charge >= 0.3 is 0 Å². The number of benzene rings is 1. The maximum atomic E-state index is 12.7. The Bertz CT molecular complexity index is 1260. The van der Waals surface area contributed by atoms with E-state index >= 15 is 0 Å². The van der Waals surface area contributed by atoms with Gasteiger partial charge in [-0.05, 0) is 36.4 Å². The van der Waals surface area contributed by atoms with E-state index in [0.717, 1.165) is 64.9 Å². The van der Waals surface area contributed by atoms with E-state index < -0.39 is 10.0 Å². The van der Waals surface area contributed by atoms with E-state index in [-0.39, 0.29) is 25.6 Å². The van der Waals surface area contributed by atoms with E-state index in [2.05, 4.69) is 19.2 Å². The van der Waals surface area contributed by atoms with Crippen LogP contribution in [-0.4, -0.2) is 72.4 Å². The molecule has 0 aliphatic carbocycles. The second-order valence-electron chi connectivity index (χ2n) is 8.30. The smallest absolute Gasteiger partial charge is 0.218 e. The average molecular weight is 542 g/mol. The van der Waals surface area contributed by atoms with Crippen LogP contribution in [0.3, 0.4) is 0 Å². The molecule has 1 N–H and O–H groups in total. The highest BCUT2D eigenvalue weighted by Crippen LogP contribution is 2.35. The summed E-state index contributed by atoms with van der Waals surface area (Å²) in [5.74, 6) is 0.813. The number of ether oxygens (including phenoxy) is 2. The Morgan fingerprint density at radius 3 is 2.91 bits per heavy atom. The van der Waals surface area contributed by atoms with E-state index in [9.17, 15) is 13.2 Å². The van der Waals surface area contributed by atoms with E-state index in [1.807, 2.05) is 24.4 Å². The van der Waals surface area contributed by atoms with E-state index in [0.29, 0.717) is 28.2 Å². The molecule has 0 bridgehead atoms. The lowest BCUT2D eigenvalue weighted by Crippen LogP contribution is -2.40. The molecule has 13 heteroatoms. The van der Waals surface area contributed by atoms with Gasteiger partial charge in [0.15, 0.2) is 5.82 Å². The maximum absolute atomic E-state index is 12.7. The van der Waals surface area contributed by atoms with Crippen LogP contribution in [0.5, 0.6) is 0 Å². The number of hydrogen-bond acceptors (Lipinski definition) is 8. The summed E-state index contributed by atoms with van der Waals surface area (Å²) in [5, 5.41) is 4.54. The van der Waals surface area contributed by atoms with Crippen molar-refractivity contribution in [1.82, 2.24) is 23.5 Å². The average Bonchev–Trinajstić information content (AvgIpc) is 3.46. The molecule has 190 valence electrons. The number of sulfonamides is 1. The predicted octanol–water partition coefficient (Wildman–Crippen LogP) is 2.72. The molecule has 1 amide bonds. The monoisotopic (exact) mass is 541 g/mol. The Labute approximate surface area is 213 Å². The molecule has 1 fully saturated rings. The summed E-state index contributed by atoms with van der Waals surface area (Å²) in [6.07, 6.45) is 4.49. The number of carbonyl (C=O) groups excluding carboxylic acids is 1. The fourth-order valence-electron chi connectivity index (χ4n) is 4.13. The standard InChI is InChI=1S/C22H28ClN5O5S2/c1-32-9-10-35(30,31)28(14-24-15-29)13-20-25-22(26-34-20)18-12-27(11-16-5-7-33-8-6-16)21-17(18)3-2-4-19(21)23/h2-4,12,15-16H,5-11,13-14H2,1H3,(H,24,29). The second-order valence-corrected chi connectivity index (χ2v) is 11.6. The number of aromatic nitrogens is 3. The summed E-state index contributed by atoms with van der Waals surface area (Å²) in [4.78, 5) is 15.4. The largest absolute Gasteiger partial charge is 0.384 e. The number of nitrogens with zero attached hydrogens (tertiary/aromatic N) is 4. The molecular formula is C22H28ClN5O5S2. The third kappa shape index (κ3) is 6.19. The maximum Gasteiger partial charge on any atom is 0.218 e. The van der Waals surface area contributed by atoms with Crippen LogP contribution in [0, 0.1) is 5.92 Å². The SMILES string of the molecule is COCCS(=O)(=O)N(CNC=O)Cc1nc(-c2cn(CC3CCOCC3)c3c(Cl)cccc23)ns1. The number of amides is 1. The summed E-state index contributed by atoms with van der Waals surface area (Å²) in [6.45, 7) is 2.24. The highest BCUT2D eigenvalue weighted by atomic mass is 35.5. The minimum atomic E-state index is -3.67. The van der Waals surface area contributed by atoms with Gasteiger partial charge in [0.2, 0.25) is 16.4 Å². The van der Waals surface area contributed by atoms with Gasteiger partial charge in [0, 0.05) is 44.0 Å². The number of para-hydroxylation sites is 1. The lowest BCUT2D eigenvalue weighted by Gasteiger charge is -2.23. The quantitative estimate of drug-likeness (QED) is 0.277. The van der Waals surface area contributed by atoms with Crippen molar-refractivity contribution in [3.63, 3.8) is 0 Å². The Morgan fingerprint density at radius 1 is 1.37 bits per heavy atom. The molecular weight excluding hydrogens is 514 g/mol. The molecule has 0 unspecified atom stereocenters. The van der Waals surface area contributed by atoms with Crippen molar-refractivity contribution in [2.75, 3.05) is 39.4 Å². The highest BCUT2D eigenvalue weighted by molar-refractivity contribution is 7.89. The molecule has 2 aromatic heterocycles. The number of methoxy groups -OCH3 is 1. The molecule has 3 aromatic rings. The second kappa shape index (κ2) is 11.8. The summed E-state index contributed by atoms with van der Waals surface area (Å²) in [7, 11) is -2.23. The molecule has 0 spiro atoms. The Kier molecular flexibility index (Phi) is 8.73. The van der Waals surface area contributed by atoms with Crippen molar-refractivity contribution in [3.8, 4) is 11.4 Å². The van der Waals surface area contributed by atoms with E-state index in [1.54, 1.807) is 0 Å². The summed E-state index contributed by atoms with van der Waals surface area (Å²) >= 11 is 7.72. The summed E-state index contributed by atoms with van der Waals surface area (Å²) in [6, 6.07) is 5.76. The van der Waals surface area contributed by atoms with Crippen molar-refractivity contribution < 1.29 is 22.7 Å². The van der Waals surface area contributed by atoms with Gasteiger partial charge < -0.3 is 19.4 Å². The van der Waals surface area contributed by atoms with Crippen LogP contribution >= 0.6 is 23.1 Å². The molecule has 10 nitrogen and oxygen atoms in total. The zero-order valence-corrected chi connectivity index (χ0v) is 21.7. The van der Waals surface area contributed by atoms with E-state index in [1.165, 1.54) is 7.11 Å². The number of rotatable bonds is 12. The third-order valence-electron chi connectivity index (χ3n) is 5.96. The van der Waals surface area contributed by atoms with Gasteiger partial charge in [-0.25, -0.2) is 13.4 Å². The number of nitrogens with one attached hydrogen (secondary N) is 1. The number of carbonyl (C=O) groups is 1. The number of fused-ring (bicyclic) bond motifs is 1. The van der Waals surface area contributed by atoms with Crippen molar-refractivity contribution in [2.45, 2.75) is 25.9 Å². The number of hydrogen-bond donors (Lipinski definition) is 1. The molecule has 1 aromatic carbocycles. The topological polar surface area (TPSA) is 116 Å². The van der Waals surface area contributed by atoms with Crippen LogP contribution in [0.1, 0.15) is 17.8 Å². The molecule has 0 saturated carbocycles. The summed E-state index contributed by atoms with van der Waals surface area (Å²) in [5.41, 5.74) is 1.78. The first-order valence-electron chi connectivity index (χ1n) is 11.2. The van der Waals surface area contributed by atoms with Gasteiger partial charge in [0.05, 0.1) is 36.1 Å². The van der Waals surface area contributed by atoms with Crippen LogP contribution in [0.2, 0.25) is 5.02 Å². The van der Waals surface area contributed by atoms with Gasteiger partial charge in [-0.3, -0.25) is 4.79 Å². The fourth-order valence-corrected chi connectivity index (χ4v) is 6.40. The van der Waals surface area contributed by atoms with E-state index in [4.69, 9.17) is 21.1 Å². The molecule has 1 aliphatic rings. The summed E-state index contributed by atoms with van der Waals surface area (Å²) < 4.78 is 43.7. The van der Waals surface area contributed by atoms with Crippen LogP contribution in [0.15, 0.2) is 24.4 Å². The van der Waals surface area contributed by atoms with Crippen LogP contribution in [0.4, 0.5) is 0 Å². The van der Waals surface area contributed by atoms with Gasteiger partial charge in [0.25, 0.3) is 0 Å². The molecule has 0 atom stereocenters. The minimum absolute atomic E-state index is 0.00791. The predicted molar refractivity (Wildman–Crippen MR) is 135 cm³/mol. The van der Waals surface area contributed by atoms with Crippen molar-refractivity contribution in [3.05, 3.63) is 34.4 Å². The van der Waals surface area contributed by atoms with Crippen molar-refractivity contribution in [2.24, 2.45) is 5.92 Å². The van der Waals surface area contributed by atoms with Gasteiger partial charge in [-0.1, -0.05) is 23.7 Å². The fraction of sp³-hybridized carbons (Fsp3) is 0.500. The molecule has 35 heavy (non-hydrogen) atoms. The van der Waals surface area contributed by atoms with Crippen molar-refractivity contribution in [1.29, 1.82) is 0 Å². The zero-order valence-electron chi connectivity index (χ0n) is 19.4. The Hall–Kier alpha value is -2.09. The first kappa shape index (κ1) is 26.0. The van der Waals surface area contributed by atoms with Crippen LogP contribution in [-0.2, 0) is 37.4 Å². The Morgan fingerprint density at radius 2 is 2.17 bits per heavy atom. The lowest BCUT2D eigenvalue weighted by molar-refractivity contribution is -0.109. The minimum Gasteiger partial charge on any atom is -0.384 e.